The number of benzene rings is 1. The average Bonchev–Trinajstić information content (AvgIpc) is 3.04. The van der Waals surface area contributed by atoms with Crippen LogP contribution in [0.4, 0.5) is 22.0 Å². The molecule has 1 atom stereocenters. The summed E-state index contributed by atoms with van der Waals surface area (Å²) in [6, 6.07) is 11.1. The van der Waals surface area contributed by atoms with E-state index in [9.17, 15) is 9.59 Å². The summed E-state index contributed by atoms with van der Waals surface area (Å²) in [6.07, 6.45) is 3.65. The van der Waals surface area contributed by atoms with Crippen molar-refractivity contribution in [3.05, 3.63) is 47.6 Å². The highest BCUT2D eigenvalue weighted by molar-refractivity contribution is 6.34. The van der Waals surface area contributed by atoms with Gasteiger partial charge in [0.25, 0.3) is 0 Å². The fraction of sp³-hybridized carbons (Fsp3) is 0.381. The van der Waals surface area contributed by atoms with Crippen LogP contribution in [0.3, 0.4) is 0 Å². The maximum Gasteiger partial charge on any atom is 0.411 e. The topological polar surface area (TPSA) is 74.8 Å². The van der Waals surface area contributed by atoms with Gasteiger partial charge in [0.1, 0.15) is 5.82 Å². The summed E-state index contributed by atoms with van der Waals surface area (Å²) in [7, 11) is 1.31. The SMILES string of the molecule is COC(=O)Nc1ccc(N2CCC[C@]3(CCN(c4ccccc4Cl)C3=O)C2)nc1. The zero-order chi connectivity index (χ0) is 20.4. The second-order valence-corrected chi connectivity index (χ2v) is 7.89. The number of carbonyl (C=O) groups is 2. The van der Waals surface area contributed by atoms with Gasteiger partial charge in [-0.05, 0) is 43.5 Å². The van der Waals surface area contributed by atoms with Crippen molar-refractivity contribution in [1.29, 1.82) is 0 Å². The van der Waals surface area contributed by atoms with E-state index in [0.717, 1.165) is 37.3 Å². The van der Waals surface area contributed by atoms with Crippen molar-refractivity contribution < 1.29 is 14.3 Å². The summed E-state index contributed by atoms with van der Waals surface area (Å²) >= 11 is 6.33. The van der Waals surface area contributed by atoms with Crippen LogP contribution in [-0.4, -0.2) is 43.7 Å². The maximum absolute atomic E-state index is 13.4. The van der Waals surface area contributed by atoms with Gasteiger partial charge in [-0.1, -0.05) is 23.7 Å². The van der Waals surface area contributed by atoms with Crippen molar-refractivity contribution in [3.8, 4) is 0 Å². The monoisotopic (exact) mass is 414 g/mol. The fourth-order valence-corrected chi connectivity index (χ4v) is 4.48. The highest BCUT2D eigenvalue weighted by Gasteiger charge is 2.49. The second kappa shape index (κ2) is 7.91. The molecule has 0 radical (unpaired) electrons. The highest BCUT2D eigenvalue weighted by Crippen LogP contribution is 2.43. The van der Waals surface area contributed by atoms with Gasteiger partial charge in [-0.2, -0.15) is 0 Å². The Balaban J connectivity index is 1.50. The molecule has 0 aliphatic carbocycles. The number of aromatic nitrogens is 1. The van der Waals surface area contributed by atoms with Crippen LogP contribution >= 0.6 is 11.6 Å². The van der Waals surface area contributed by atoms with E-state index < -0.39 is 11.5 Å². The second-order valence-electron chi connectivity index (χ2n) is 7.49. The molecule has 1 N–H and O–H groups in total. The summed E-state index contributed by atoms with van der Waals surface area (Å²) in [5.41, 5.74) is 0.931. The van der Waals surface area contributed by atoms with Gasteiger partial charge in [0.15, 0.2) is 0 Å². The molecule has 0 bridgehead atoms. The maximum atomic E-state index is 13.4. The van der Waals surface area contributed by atoms with Gasteiger partial charge in [0, 0.05) is 19.6 Å². The summed E-state index contributed by atoms with van der Waals surface area (Å²) < 4.78 is 4.59. The molecule has 7 nitrogen and oxygen atoms in total. The number of hydrogen-bond donors (Lipinski definition) is 1. The molecule has 152 valence electrons. The van der Waals surface area contributed by atoms with E-state index in [1.807, 2.05) is 35.2 Å². The van der Waals surface area contributed by atoms with E-state index in [0.29, 0.717) is 23.8 Å². The van der Waals surface area contributed by atoms with Crippen LogP contribution in [0, 0.1) is 5.41 Å². The normalized spacial score (nSPS) is 21.5. The Morgan fingerprint density at radius 2 is 2.03 bits per heavy atom. The molecule has 29 heavy (non-hydrogen) atoms. The lowest BCUT2D eigenvalue weighted by Gasteiger charge is -2.39. The van der Waals surface area contributed by atoms with Crippen LogP contribution in [0.25, 0.3) is 0 Å². The van der Waals surface area contributed by atoms with E-state index >= 15 is 0 Å². The smallest absolute Gasteiger partial charge is 0.411 e. The van der Waals surface area contributed by atoms with Gasteiger partial charge in [0.05, 0.1) is 35.1 Å². The molecular formula is C21H23ClN4O3. The van der Waals surface area contributed by atoms with Gasteiger partial charge in [-0.15, -0.1) is 0 Å². The summed E-state index contributed by atoms with van der Waals surface area (Å²) in [5, 5.41) is 3.19. The first kappa shape index (κ1) is 19.5. The molecule has 2 aromatic rings. The molecule has 2 aliphatic heterocycles. The number of para-hydroxylation sites is 1. The van der Waals surface area contributed by atoms with E-state index in [-0.39, 0.29) is 5.91 Å². The third-order valence-corrected chi connectivity index (χ3v) is 6.06. The minimum Gasteiger partial charge on any atom is -0.453 e. The van der Waals surface area contributed by atoms with Crippen molar-refractivity contribution in [2.24, 2.45) is 5.41 Å². The quantitative estimate of drug-likeness (QED) is 0.823. The third-order valence-electron chi connectivity index (χ3n) is 5.74. The predicted molar refractivity (Wildman–Crippen MR) is 113 cm³/mol. The number of piperidine rings is 1. The first-order valence-corrected chi connectivity index (χ1v) is 10.0. The van der Waals surface area contributed by atoms with E-state index in [2.05, 4.69) is 19.9 Å². The third kappa shape index (κ3) is 3.74. The standard InChI is InChI=1S/C21H23ClN4O3/c1-29-20(28)24-15-7-8-18(23-13-15)25-11-4-9-21(14-25)10-12-26(19(21)27)17-6-3-2-5-16(17)22/h2-3,5-8,13H,4,9-12,14H2,1H3,(H,24,28)/t21-/m0/s1. The first-order valence-electron chi connectivity index (χ1n) is 9.65. The van der Waals surface area contributed by atoms with Gasteiger partial charge >= 0.3 is 6.09 Å². The predicted octanol–water partition coefficient (Wildman–Crippen LogP) is 3.94. The van der Waals surface area contributed by atoms with Crippen LogP contribution < -0.4 is 15.1 Å². The Morgan fingerprint density at radius 3 is 2.76 bits per heavy atom. The molecule has 2 aliphatic rings. The van der Waals surface area contributed by atoms with Crippen molar-refractivity contribution >= 4 is 40.8 Å². The number of carbonyl (C=O) groups excluding carboxylic acids is 2. The highest BCUT2D eigenvalue weighted by atomic mass is 35.5. The zero-order valence-corrected chi connectivity index (χ0v) is 17.0. The average molecular weight is 415 g/mol. The van der Waals surface area contributed by atoms with Gasteiger partial charge in [-0.25, -0.2) is 9.78 Å². The fourth-order valence-electron chi connectivity index (χ4n) is 4.24. The molecule has 8 heteroatoms. The number of halogens is 1. The van der Waals surface area contributed by atoms with E-state index in [1.54, 1.807) is 12.3 Å². The summed E-state index contributed by atoms with van der Waals surface area (Å²) in [4.78, 5) is 33.1. The molecule has 3 heterocycles. The summed E-state index contributed by atoms with van der Waals surface area (Å²) in [6.45, 7) is 2.15. The number of amides is 2. The number of nitrogens with zero attached hydrogens (tertiary/aromatic N) is 3. The molecule has 1 spiro atoms. The van der Waals surface area contributed by atoms with E-state index in [4.69, 9.17) is 11.6 Å². The minimum atomic E-state index is -0.535. The number of pyridine rings is 1. The van der Waals surface area contributed by atoms with Crippen LogP contribution in [0.1, 0.15) is 19.3 Å². The van der Waals surface area contributed by atoms with Crippen LogP contribution in [0.2, 0.25) is 5.02 Å². The number of ether oxygens (including phenoxy) is 1. The van der Waals surface area contributed by atoms with Crippen molar-refractivity contribution in [2.45, 2.75) is 19.3 Å². The molecule has 1 aromatic heterocycles. The van der Waals surface area contributed by atoms with Crippen LogP contribution in [0.5, 0.6) is 0 Å². The van der Waals surface area contributed by atoms with Crippen LogP contribution in [-0.2, 0) is 9.53 Å². The van der Waals surface area contributed by atoms with Crippen molar-refractivity contribution in [1.82, 2.24) is 4.98 Å². The molecule has 2 amide bonds. The first-order chi connectivity index (χ1) is 14.0. The van der Waals surface area contributed by atoms with Gasteiger partial charge in [0.2, 0.25) is 5.91 Å². The molecule has 4 rings (SSSR count). The van der Waals surface area contributed by atoms with Crippen molar-refractivity contribution in [2.75, 3.05) is 41.9 Å². The number of anilines is 3. The molecule has 2 saturated heterocycles. The Morgan fingerprint density at radius 1 is 1.21 bits per heavy atom. The van der Waals surface area contributed by atoms with E-state index in [1.165, 1.54) is 7.11 Å². The molecule has 0 saturated carbocycles. The number of hydrogen-bond acceptors (Lipinski definition) is 5. The largest absolute Gasteiger partial charge is 0.453 e. The number of methoxy groups -OCH3 is 1. The van der Waals surface area contributed by atoms with Crippen LogP contribution in [0.15, 0.2) is 42.6 Å². The Bertz CT molecular complexity index is 920. The Kier molecular flexibility index (Phi) is 5.32. The number of rotatable bonds is 3. The molecule has 1 aromatic carbocycles. The molecular weight excluding hydrogens is 392 g/mol. The Hall–Kier alpha value is -2.80. The lowest BCUT2D eigenvalue weighted by Crippen LogP contribution is -2.48. The molecule has 2 fully saturated rings. The van der Waals surface area contributed by atoms with Gasteiger partial charge < -0.3 is 14.5 Å². The Labute approximate surface area is 174 Å². The number of nitrogens with one attached hydrogen (secondary N) is 1. The zero-order valence-electron chi connectivity index (χ0n) is 16.2. The van der Waals surface area contributed by atoms with Crippen molar-refractivity contribution in [3.63, 3.8) is 0 Å². The lowest BCUT2D eigenvalue weighted by molar-refractivity contribution is -0.126. The summed E-state index contributed by atoms with van der Waals surface area (Å²) in [5.74, 6) is 0.933. The van der Waals surface area contributed by atoms with Gasteiger partial charge in [-0.3, -0.25) is 10.1 Å². The molecule has 0 unspecified atom stereocenters. The minimum absolute atomic E-state index is 0.138. The lowest BCUT2D eigenvalue weighted by atomic mass is 9.78.